The molecule has 0 amide bonds. The molecule has 0 aliphatic heterocycles. The molecule has 3 nitrogen and oxygen atoms in total. The first kappa shape index (κ1) is 9.60. The van der Waals surface area contributed by atoms with E-state index in [2.05, 4.69) is 0 Å². The highest BCUT2D eigenvalue weighted by molar-refractivity contribution is 14.1. The minimum Gasteiger partial charge on any atom is -0.478 e. The second kappa shape index (κ2) is 3.49. The minimum atomic E-state index is -1.10. The number of benzene rings is 1. The molecule has 64 valence electrons. The van der Waals surface area contributed by atoms with E-state index >= 15 is 0 Å². The molecule has 0 spiro atoms. The molecular formula is C7H5ClINO2. The second-order valence-corrected chi connectivity index (χ2v) is 3.69. The van der Waals surface area contributed by atoms with Crippen LogP contribution in [0.3, 0.4) is 0 Å². The molecule has 0 atom stereocenters. The molecule has 1 aromatic rings. The predicted molar refractivity (Wildman–Crippen MR) is 55.5 cm³/mol. The number of carbonyl (C=O) groups is 1. The van der Waals surface area contributed by atoms with Crippen LogP contribution in [0.15, 0.2) is 12.1 Å². The van der Waals surface area contributed by atoms with Crippen molar-refractivity contribution in [3.05, 3.63) is 26.3 Å². The summed E-state index contributed by atoms with van der Waals surface area (Å²) < 4.78 is 0.689. The van der Waals surface area contributed by atoms with Gasteiger partial charge >= 0.3 is 5.97 Å². The normalized spacial score (nSPS) is 9.83. The molecule has 0 aliphatic carbocycles. The molecule has 0 unspecified atom stereocenters. The number of anilines is 1. The van der Waals surface area contributed by atoms with Gasteiger partial charge < -0.3 is 10.8 Å². The highest BCUT2D eigenvalue weighted by atomic mass is 127. The van der Waals surface area contributed by atoms with Crippen LogP contribution < -0.4 is 5.73 Å². The van der Waals surface area contributed by atoms with E-state index < -0.39 is 5.97 Å². The molecule has 0 bridgehead atoms. The van der Waals surface area contributed by atoms with Crippen LogP contribution in [-0.4, -0.2) is 11.1 Å². The summed E-state index contributed by atoms with van der Waals surface area (Å²) >= 11 is 7.59. The van der Waals surface area contributed by atoms with Crippen molar-refractivity contribution < 1.29 is 9.90 Å². The first-order valence-electron chi connectivity index (χ1n) is 3.01. The maximum Gasteiger partial charge on any atom is 0.339 e. The van der Waals surface area contributed by atoms with Gasteiger partial charge in [-0.3, -0.25) is 0 Å². The molecule has 0 saturated heterocycles. The van der Waals surface area contributed by atoms with Gasteiger partial charge in [-0.15, -0.1) is 0 Å². The van der Waals surface area contributed by atoms with Gasteiger partial charge in [0, 0.05) is 3.57 Å². The van der Waals surface area contributed by atoms with Crippen molar-refractivity contribution in [1.29, 1.82) is 0 Å². The standard InChI is InChI=1S/C7H5ClINO2/c8-3-1-2-4(9)6(10)5(3)7(11)12/h1-2H,10H2,(H,11,12). The van der Waals surface area contributed by atoms with E-state index in [-0.39, 0.29) is 16.3 Å². The van der Waals surface area contributed by atoms with Gasteiger partial charge in [0.25, 0.3) is 0 Å². The van der Waals surface area contributed by atoms with Crippen LogP contribution in [-0.2, 0) is 0 Å². The summed E-state index contributed by atoms with van der Waals surface area (Å²) in [5, 5.41) is 8.87. The Hall–Kier alpha value is -0.490. The fourth-order valence-corrected chi connectivity index (χ4v) is 1.48. The minimum absolute atomic E-state index is 0.0245. The highest BCUT2D eigenvalue weighted by Gasteiger charge is 2.14. The highest BCUT2D eigenvalue weighted by Crippen LogP contribution is 2.26. The van der Waals surface area contributed by atoms with E-state index in [0.29, 0.717) is 3.57 Å². The van der Waals surface area contributed by atoms with Crippen LogP contribution in [0.4, 0.5) is 5.69 Å². The first-order chi connectivity index (χ1) is 5.54. The average molecular weight is 297 g/mol. The third kappa shape index (κ3) is 1.64. The second-order valence-electron chi connectivity index (χ2n) is 2.12. The molecule has 0 radical (unpaired) electrons. The number of carboxylic acids is 1. The number of carboxylic acid groups (broad SMARTS) is 1. The van der Waals surface area contributed by atoms with Crippen molar-refractivity contribution >= 4 is 45.8 Å². The van der Waals surface area contributed by atoms with Gasteiger partial charge in [0.1, 0.15) is 5.56 Å². The van der Waals surface area contributed by atoms with Crippen LogP contribution in [0.25, 0.3) is 0 Å². The number of halogens is 2. The van der Waals surface area contributed by atoms with Crippen molar-refractivity contribution in [3.63, 3.8) is 0 Å². The maximum atomic E-state index is 10.6. The summed E-state index contributed by atoms with van der Waals surface area (Å²) in [6.07, 6.45) is 0. The largest absolute Gasteiger partial charge is 0.478 e. The number of hydrogen-bond acceptors (Lipinski definition) is 2. The fraction of sp³-hybridized carbons (Fsp3) is 0. The monoisotopic (exact) mass is 297 g/mol. The summed E-state index contributed by atoms with van der Waals surface area (Å²) in [7, 11) is 0. The molecule has 1 aromatic carbocycles. The van der Waals surface area contributed by atoms with E-state index in [1.54, 1.807) is 6.07 Å². The Labute approximate surface area is 87.7 Å². The number of rotatable bonds is 1. The summed E-state index contributed by atoms with van der Waals surface area (Å²) in [5.74, 6) is -1.10. The van der Waals surface area contributed by atoms with Crippen molar-refractivity contribution in [3.8, 4) is 0 Å². The molecule has 3 N–H and O–H groups in total. The lowest BCUT2D eigenvalue weighted by molar-refractivity contribution is 0.0698. The van der Waals surface area contributed by atoms with Crippen molar-refractivity contribution in [1.82, 2.24) is 0 Å². The summed E-state index contributed by atoms with van der Waals surface area (Å²) in [6, 6.07) is 3.19. The number of hydrogen-bond donors (Lipinski definition) is 2. The van der Waals surface area contributed by atoms with Crippen LogP contribution in [0.5, 0.6) is 0 Å². The average Bonchev–Trinajstić information content (AvgIpc) is 1.97. The van der Waals surface area contributed by atoms with E-state index in [0.717, 1.165) is 0 Å². The summed E-state index contributed by atoms with van der Waals surface area (Å²) in [6.45, 7) is 0. The van der Waals surface area contributed by atoms with Gasteiger partial charge in [0.05, 0.1) is 10.7 Å². The molecule has 12 heavy (non-hydrogen) atoms. The topological polar surface area (TPSA) is 63.3 Å². The Morgan fingerprint density at radius 2 is 2.17 bits per heavy atom. The van der Waals surface area contributed by atoms with Gasteiger partial charge in [0.2, 0.25) is 0 Å². The summed E-state index contributed by atoms with van der Waals surface area (Å²) in [5.41, 5.74) is 5.71. The number of nitrogens with two attached hydrogens (primary N) is 1. The fourth-order valence-electron chi connectivity index (χ4n) is 0.785. The lowest BCUT2D eigenvalue weighted by Crippen LogP contribution is -2.04. The van der Waals surface area contributed by atoms with E-state index in [9.17, 15) is 4.79 Å². The van der Waals surface area contributed by atoms with E-state index in [1.807, 2.05) is 22.6 Å². The number of aromatic carboxylic acids is 1. The Bertz CT molecular complexity index is 340. The van der Waals surface area contributed by atoms with Crippen molar-refractivity contribution in [2.24, 2.45) is 0 Å². The molecule has 0 aliphatic rings. The SMILES string of the molecule is Nc1c(I)ccc(Cl)c1C(=O)O. The van der Waals surface area contributed by atoms with Gasteiger partial charge in [-0.1, -0.05) is 11.6 Å². The third-order valence-electron chi connectivity index (χ3n) is 1.36. The first-order valence-corrected chi connectivity index (χ1v) is 4.46. The van der Waals surface area contributed by atoms with Crippen molar-refractivity contribution in [2.75, 3.05) is 5.73 Å². The van der Waals surface area contributed by atoms with E-state index in [1.165, 1.54) is 6.07 Å². The van der Waals surface area contributed by atoms with E-state index in [4.69, 9.17) is 22.4 Å². The molecule has 0 fully saturated rings. The Morgan fingerprint density at radius 3 is 2.58 bits per heavy atom. The zero-order valence-corrected chi connectivity index (χ0v) is 8.76. The van der Waals surface area contributed by atoms with Crippen molar-refractivity contribution in [2.45, 2.75) is 0 Å². The smallest absolute Gasteiger partial charge is 0.339 e. The third-order valence-corrected chi connectivity index (χ3v) is 2.61. The van der Waals surface area contributed by atoms with Crippen LogP contribution in [0.2, 0.25) is 5.02 Å². The van der Waals surface area contributed by atoms with Gasteiger partial charge in [-0.25, -0.2) is 4.79 Å². The molecule has 5 heteroatoms. The number of nitrogen functional groups attached to an aromatic ring is 1. The molecule has 0 aromatic heterocycles. The Kier molecular flexibility index (Phi) is 2.79. The van der Waals surface area contributed by atoms with Crippen LogP contribution in [0, 0.1) is 3.57 Å². The molecular weight excluding hydrogens is 292 g/mol. The predicted octanol–water partition coefficient (Wildman–Crippen LogP) is 2.23. The molecule has 0 saturated carbocycles. The summed E-state index contributed by atoms with van der Waals surface area (Å²) in [4.78, 5) is 10.6. The Morgan fingerprint density at radius 1 is 1.58 bits per heavy atom. The zero-order valence-electron chi connectivity index (χ0n) is 5.84. The molecule has 0 heterocycles. The zero-order chi connectivity index (χ0) is 9.30. The Balaban J connectivity index is 3.43. The van der Waals surface area contributed by atoms with Gasteiger partial charge in [0.15, 0.2) is 0 Å². The van der Waals surface area contributed by atoms with Crippen LogP contribution in [0.1, 0.15) is 10.4 Å². The van der Waals surface area contributed by atoms with Gasteiger partial charge in [-0.2, -0.15) is 0 Å². The van der Waals surface area contributed by atoms with Gasteiger partial charge in [-0.05, 0) is 34.7 Å². The lowest BCUT2D eigenvalue weighted by atomic mass is 10.2. The molecule has 1 rings (SSSR count). The lowest BCUT2D eigenvalue weighted by Gasteiger charge is -2.04. The maximum absolute atomic E-state index is 10.6. The van der Waals surface area contributed by atoms with Crippen LogP contribution >= 0.6 is 34.2 Å². The quantitative estimate of drug-likeness (QED) is 0.617.